The van der Waals surface area contributed by atoms with Crippen molar-refractivity contribution in [3.05, 3.63) is 71.8 Å². The van der Waals surface area contributed by atoms with Gasteiger partial charge in [-0.1, -0.05) is 49.7 Å². The van der Waals surface area contributed by atoms with Crippen LogP contribution in [0, 0.1) is 0 Å². The van der Waals surface area contributed by atoms with Crippen LogP contribution in [0.15, 0.2) is 54.7 Å². The number of benzene rings is 1. The lowest BCUT2D eigenvalue weighted by Gasteiger charge is -2.05. The van der Waals surface area contributed by atoms with Crippen LogP contribution in [0.3, 0.4) is 0 Å². The topological polar surface area (TPSA) is 75.5 Å². The zero-order valence-electron chi connectivity index (χ0n) is 16.1. The minimum Gasteiger partial charge on any atom is -0.351 e. The number of aryl methyl sites for hydroxylation is 1. The number of pyridine rings is 1. The van der Waals surface area contributed by atoms with Crippen molar-refractivity contribution in [3.63, 3.8) is 0 Å². The van der Waals surface area contributed by atoms with E-state index >= 15 is 0 Å². The Labute approximate surface area is 165 Å². The summed E-state index contributed by atoms with van der Waals surface area (Å²) in [4.78, 5) is 29.5. The highest BCUT2D eigenvalue weighted by Crippen LogP contribution is 2.13. The van der Waals surface area contributed by atoms with Crippen LogP contribution in [0.25, 0.3) is 5.52 Å². The van der Waals surface area contributed by atoms with E-state index in [1.54, 1.807) is 16.7 Å². The van der Waals surface area contributed by atoms with Gasteiger partial charge < -0.3 is 10.6 Å². The number of carbonyl (C=O) groups excluding carboxylic acids is 2. The third-order valence-corrected chi connectivity index (χ3v) is 4.55. The molecule has 0 unspecified atom stereocenters. The van der Waals surface area contributed by atoms with Gasteiger partial charge >= 0.3 is 0 Å². The second-order valence-corrected chi connectivity index (χ2v) is 6.69. The second-order valence-electron chi connectivity index (χ2n) is 6.69. The fourth-order valence-corrected chi connectivity index (χ4v) is 3.05. The lowest BCUT2D eigenvalue weighted by molar-refractivity contribution is 0.0942. The number of imidazole rings is 1. The molecule has 0 bridgehead atoms. The van der Waals surface area contributed by atoms with Crippen molar-refractivity contribution in [2.75, 3.05) is 13.1 Å². The minimum absolute atomic E-state index is 0.232. The fraction of sp³-hybridized carbons (Fsp3) is 0.318. The number of amides is 2. The van der Waals surface area contributed by atoms with E-state index in [0.29, 0.717) is 18.6 Å². The van der Waals surface area contributed by atoms with Gasteiger partial charge in [0.2, 0.25) is 5.82 Å². The summed E-state index contributed by atoms with van der Waals surface area (Å²) >= 11 is 0. The predicted molar refractivity (Wildman–Crippen MR) is 110 cm³/mol. The van der Waals surface area contributed by atoms with Gasteiger partial charge in [0.1, 0.15) is 0 Å². The molecule has 2 N–H and O–H groups in total. The van der Waals surface area contributed by atoms with Gasteiger partial charge in [-0.15, -0.1) is 0 Å². The molecular formula is C22H26N4O2. The zero-order chi connectivity index (χ0) is 19.8. The van der Waals surface area contributed by atoms with Crippen LogP contribution < -0.4 is 10.6 Å². The number of unbranched alkanes of at least 4 members (excludes halogenated alkanes) is 1. The van der Waals surface area contributed by atoms with Gasteiger partial charge in [-0.3, -0.25) is 14.0 Å². The number of hydrogen-bond acceptors (Lipinski definition) is 3. The minimum atomic E-state index is -0.276. The van der Waals surface area contributed by atoms with E-state index in [2.05, 4.69) is 34.7 Å². The standard InChI is InChI=1S/C22H26N4O2/c1-2-3-14-23-21(27)19-18-13-7-8-16-26(18)20(25-19)22(28)24-15-9-12-17-10-5-4-6-11-17/h4-8,10-11,13,16H,2-3,9,12,14-15H2,1H3,(H,23,27)(H,24,28). The Morgan fingerprint density at radius 1 is 0.929 bits per heavy atom. The summed E-state index contributed by atoms with van der Waals surface area (Å²) in [5.41, 5.74) is 2.16. The first-order valence-corrected chi connectivity index (χ1v) is 9.78. The Bertz CT molecular complexity index is 934. The molecule has 2 heterocycles. The first kappa shape index (κ1) is 19.6. The van der Waals surface area contributed by atoms with Crippen LogP contribution in [-0.4, -0.2) is 34.3 Å². The maximum Gasteiger partial charge on any atom is 0.287 e. The summed E-state index contributed by atoms with van der Waals surface area (Å²) < 4.78 is 1.67. The summed E-state index contributed by atoms with van der Waals surface area (Å²) in [6.07, 6.45) is 5.40. The monoisotopic (exact) mass is 378 g/mol. The summed E-state index contributed by atoms with van der Waals surface area (Å²) in [6, 6.07) is 15.6. The smallest absolute Gasteiger partial charge is 0.287 e. The van der Waals surface area contributed by atoms with Crippen molar-refractivity contribution in [2.24, 2.45) is 0 Å². The molecule has 2 amide bonds. The molecule has 0 aliphatic carbocycles. The fourth-order valence-electron chi connectivity index (χ4n) is 3.05. The molecule has 0 saturated carbocycles. The van der Waals surface area contributed by atoms with E-state index in [1.807, 2.05) is 30.3 Å². The number of nitrogens with one attached hydrogen (secondary N) is 2. The Balaban J connectivity index is 1.66. The highest BCUT2D eigenvalue weighted by atomic mass is 16.2. The lowest BCUT2D eigenvalue weighted by Crippen LogP contribution is -2.27. The quantitative estimate of drug-likeness (QED) is 0.561. The molecule has 3 aromatic rings. The van der Waals surface area contributed by atoms with E-state index < -0.39 is 0 Å². The normalized spacial score (nSPS) is 10.8. The van der Waals surface area contributed by atoms with Crippen molar-refractivity contribution in [3.8, 4) is 0 Å². The van der Waals surface area contributed by atoms with Gasteiger partial charge in [-0.05, 0) is 37.0 Å². The number of hydrogen-bond donors (Lipinski definition) is 2. The summed E-state index contributed by atoms with van der Waals surface area (Å²) in [7, 11) is 0. The Hall–Kier alpha value is -3.15. The first-order chi connectivity index (χ1) is 13.7. The first-order valence-electron chi connectivity index (χ1n) is 9.78. The van der Waals surface area contributed by atoms with Gasteiger partial charge in [-0.25, -0.2) is 4.98 Å². The SMILES string of the molecule is CCCCNC(=O)c1nc(C(=O)NCCCc2ccccc2)n2ccccc12. The van der Waals surface area contributed by atoms with Gasteiger partial charge in [-0.2, -0.15) is 0 Å². The summed E-state index contributed by atoms with van der Waals surface area (Å²) in [5, 5.41) is 5.78. The number of carbonyl (C=O) groups is 2. The van der Waals surface area contributed by atoms with Gasteiger partial charge in [0.25, 0.3) is 11.8 Å². The van der Waals surface area contributed by atoms with Crippen molar-refractivity contribution in [1.82, 2.24) is 20.0 Å². The molecule has 0 fully saturated rings. The van der Waals surface area contributed by atoms with E-state index in [4.69, 9.17) is 0 Å². The number of rotatable bonds is 9. The Kier molecular flexibility index (Phi) is 6.78. The van der Waals surface area contributed by atoms with Crippen LogP contribution in [0.2, 0.25) is 0 Å². The molecule has 0 radical (unpaired) electrons. The van der Waals surface area contributed by atoms with E-state index in [-0.39, 0.29) is 23.3 Å². The maximum absolute atomic E-state index is 12.6. The molecule has 0 aliphatic heterocycles. The number of fused-ring (bicyclic) bond motifs is 1. The molecule has 1 aromatic carbocycles. The molecule has 6 nitrogen and oxygen atoms in total. The molecule has 146 valence electrons. The third-order valence-electron chi connectivity index (χ3n) is 4.55. The van der Waals surface area contributed by atoms with Crippen LogP contribution >= 0.6 is 0 Å². The van der Waals surface area contributed by atoms with Crippen LogP contribution in [0.5, 0.6) is 0 Å². The van der Waals surface area contributed by atoms with E-state index in [9.17, 15) is 9.59 Å². The molecular weight excluding hydrogens is 352 g/mol. The molecule has 0 aliphatic rings. The average Bonchev–Trinajstić information content (AvgIpc) is 3.12. The predicted octanol–water partition coefficient (Wildman–Crippen LogP) is 3.23. The zero-order valence-corrected chi connectivity index (χ0v) is 16.1. The molecule has 3 rings (SSSR count). The number of aromatic nitrogens is 2. The number of nitrogens with zero attached hydrogens (tertiary/aromatic N) is 2. The van der Waals surface area contributed by atoms with E-state index in [1.165, 1.54) is 5.56 Å². The molecule has 2 aromatic heterocycles. The summed E-state index contributed by atoms with van der Waals surface area (Å²) in [5.74, 6) is -0.293. The largest absolute Gasteiger partial charge is 0.351 e. The highest BCUT2D eigenvalue weighted by Gasteiger charge is 2.20. The highest BCUT2D eigenvalue weighted by molar-refractivity contribution is 6.02. The van der Waals surface area contributed by atoms with Crippen LogP contribution in [0.1, 0.15) is 52.9 Å². The molecule has 0 atom stereocenters. The van der Waals surface area contributed by atoms with Crippen molar-refractivity contribution >= 4 is 17.3 Å². The van der Waals surface area contributed by atoms with Gasteiger partial charge in [0.15, 0.2) is 5.69 Å². The van der Waals surface area contributed by atoms with Crippen LogP contribution in [-0.2, 0) is 6.42 Å². The maximum atomic E-state index is 12.6. The molecule has 0 spiro atoms. The summed E-state index contributed by atoms with van der Waals surface area (Å²) in [6.45, 7) is 3.22. The van der Waals surface area contributed by atoms with Crippen molar-refractivity contribution < 1.29 is 9.59 Å². The van der Waals surface area contributed by atoms with Gasteiger partial charge in [0.05, 0.1) is 5.52 Å². The van der Waals surface area contributed by atoms with Crippen LogP contribution in [0.4, 0.5) is 0 Å². The second kappa shape index (κ2) is 9.69. The third kappa shape index (κ3) is 4.76. The average molecular weight is 378 g/mol. The van der Waals surface area contributed by atoms with Crippen molar-refractivity contribution in [1.29, 1.82) is 0 Å². The molecule has 28 heavy (non-hydrogen) atoms. The van der Waals surface area contributed by atoms with Gasteiger partial charge in [0, 0.05) is 19.3 Å². The van der Waals surface area contributed by atoms with Crippen molar-refractivity contribution in [2.45, 2.75) is 32.6 Å². The Morgan fingerprint density at radius 3 is 2.43 bits per heavy atom. The molecule has 0 saturated heterocycles. The van der Waals surface area contributed by atoms with E-state index in [0.717, 1.165) is 25.7 Å². The molecule has 6 heteroatoms. The Morgan fingerprint density at radius 2 is 1.64 bits per heavy atom. The lowest BCUT2D eigenvalue weighted by atomic mass is 10.1.